The van der Waals surface area contributed by atoms with Crippen LogP contribution in [0.1, 0.15) is 38.2 Å². The van der Waals surface area contributed by atoms with Gasteiger partial charge in [-0.25, -0.2) is 4.98 Å². The lowest BCUT2D eigenvalue weighted by atomic mass is 10.1. The van der Waals surface area contributed by atoms with Gasteiger partial charge in [-0.1, -0.05) is 13.8 Å². The van der Waals surface area contributed by atoms with E-state index in [9.17, 15) is 0 Å². The molecule has 0 N–H and O–H groups in total. The molecule has 2 rings (SSSR count). The molecule has 0 aliphatic carbocycles. The summed E-state index contributed by atoms with van der Waals surface area (Å²) in [7, 11) is 0. The molecule has 0 spiro atoms. The molecule has 0 atom stereocenters. The Morgan fingerprint density at radius 1 is 1.29 bits per heavy atom. The lowest BCUT2D eigenvalue weighted by Gasteiger charge is -2.17. The van der Waals surface area contributed by atoms with Gasteiger partial charge in [-0.3, -0.25) is 0 Å². The van der Waals surface area contributed by atoms with Crippen LogP contribution in [-0.4, -0.2) is 18.1 Å². The fourth-order valence-electron chi connectivity index (χ4n) is 1.91. The smallest absolute Gasteiger partial charge is 0.128 e. The summed E-state index contributed by atoms with van der Waals surface area (Å²) in [6.45, 7) is 6.80. The average molecular weight is 190 g/mol. The van der Waals surface area contributed by atoms with Crippen LogP contribution in [0.4, 0.5) is 5.82 Å². The Labute approximate surface area is 86.0 Å². The molecule has 76 valence electrons. The first-order valence-electron chi connectivity index (χ1n) is 5.48. The molecule has 2 heterocycles. The fourth-order valence-corrected chi connectivity index (χ4v) is 1.91. The van der Waals surface area contributed by atoms with Crippen molar-refractivity contribution in [2.45, 2.75) is 32.6 Å². The maximum Gasteiger partial charge on any atom is 0.128 e. The van der Waals surface area contributed by atoms with E-state index in [-0.39, 0.29) is 0 Å². The fraction of sp³-hybridized carbons (Fsp3) is 0.583. The number of anilines is 1. The normalized spacial score (nSPS) is 16.6. The summed E-state index contributed by atoms with van der Waals surface area (Å²) in [5.74, 6) is 1.76. The summed E-state index contributed by atoms with van der Waals surface area (Å²) < 4.78 is 0. The summed E-state index contributed by atoms with van der Waals surface area (Å²) >= 11 is 0. The molecule has 1 fully saturated rings. The summed E-state index contributed by atoms with van der Waals surface area (Å²) in [6, 6.07) is 4.35. The van der Waals surface area contributed by atoms with E-state index in [0.29, 0.717) is 5.92 Å². The second-order valence-corrected chi connectivity index (χ2v) is 4.30. The van der Waals surface area contributed by atoms with Crippen LogP contribution in [-0.2, 0) is 0 Å². The molecule has 2 heteroatoms. The van der Waals surface area contributed by atoms with E-state index in [4.69, 9.17) is 0 Å². The molecule has 1 aromatic rings. The van der Waals surface area contributed by atoms with Crippen LogP contribution in [0.2, 0.25) is 0 Å². The molecule has 0 amide bonds. The topological polar surface area (TPSA) is 16.1 Å². The molecule has 0 saturated carbocycles. The number of nitrogens with zero attached hydrogens (tertiary/aromatic N) is 2. The van der Waals surface area contributed by atoms with Crippen molar-refractivity contribution in [2.24, 2.45) is 0 Å². The maximum atomic E-state index is 4.43. The van der Waals surface area contributed by atoms with Gasteiger partial charge >= 0.3 is 0 Å². The predicted molar refractivity (Wildman–Crippen MR) is 59.8 cm³/mol. The molecule has 2 nitrogen and oxygen atoms in total. The quantitative estimate of drug-likeness (QED) is 0.713. The number of aromatic nitrogens is 1. The summed E-state index contributed by atoms with van der Waals surface area (Å²) in [5, 5.41) is 0. The highest BCUT2D eigenvalue weighted by atomic mass is 15.2. The van der Waals surface area contributed by atoms with E-state index >= 15 is 0 Å². The summed E-state index contributed by atoms with van der Waals surface area (Å²) in [5.41, 5.74) is 1.39. The Balaban J connectivity index is 2.21. The highest BCUT2D eigenvalue weighted by Crippen LogP contribution is 2.21. The van der Waals surface area contributed by atoms with Gasteiger partial charge in [0.1, 0.15) is 5.82 Å². The first kappa shape index (κ1) is 9.50. The summed E-state index contributed by atoms with van der Waals surface area (Å²) in [6.07, 6.45) is 4.56. The second kappa shape index (κ2) is 3.99. The van der Waals surface area contributed by atoms with Gasteiger partial charge in [0, 0.05) is 19.3 Å². The Kier molecular flexibility index (Phi) is 2.71. The zero-order valence-electron chi connectivity index (χ0n) is 9.03. The van der Waals surface area contributed by atoms with Gasteiger partial charge in [0.05, 0.1) is 0 Å². The van der Waals surface area contributed by atoms with E-state index in [0.717, 1.165) is 5.82 Å². The van der Waals surface area contributed by atoms with Crippen molar-refractivity contribution < 1.29 is 0 Å². The minimum atomic E-state index is 0.597. The van der Waals surface area contributed by atoms with Crippen LogP contribution in [0.5, 0.6) is 0 Å². The van der Waals surface area contributed by atoms with Crippen molar-refractivity contribution >= 4 is 5.82 Å². The minimum Gasteiger partial charge on any atom is -0.357 e. The van der Waals surface area contributed by atoms with Gasteiger partial charge in [-0.05, 0) is 36.5 Å². The third kappa shape index (κ3) is 1.89. The van der Waals surface area contributed by atoms with Gasteiger partial charge in [0.2, 0.25) is 0 Å². The van der Waals surface area contributed by atoms with E-state index in [2.05, 4.69) is 35.9 Å². The average Bonchev–Trinajstić information content (AvgIpc) is 2.71. The van der Waals surface area contributed by atoms with E-state index in [1.54, 1.807) is 0 Å². The standard InChI is InChI=1S/C12H18N2/c1-10(2)11-5-6-13-12(9-11)14-7-3-4-8-14/h5-6,9-10H,3-4,7-8H2,1-2H3. The molecule has 1 aromatic heterocycles. The first-order valence-corrected chi connectivity index (χ1v) is 5.48. The third-order valence-corrected chi connectivity index (χ3v) is 2.87. The van der Waals surface area contributed by atoms with Gasteiger partial charge in [-0.2, -0.15) is 0 Å². The van der Waals surface area contributed by atoms with Crippen LogP contribution >= 0.6 is 0 Å². The largest absolute Gasteiger partial charge is 0.357 e. The van der Waals surface area contributed by atoms with Crippen LogP contribution in [0, 0.1) is 0 Å². The monoisotopic (exact) mass is 190 g/mol. The SMILES string of the molecule is CC(C)c1ccnc(N2CCCC2)c1. The van der Waals surface area contributed by atoms with Crippen LogP contribution in [0.15, 0.2) is 18.3 Å². The maximum absolute atomic E-state index is 4.43. The van der Waals surface area contributed by atoms with Gasteiger partial charge in [-0.15, -0.1) is 0 Å². The zero-order chi connectivity index (χ0) is 9.97. The number of hydrogen-bond acceptors (Lipinski definition) is 2. The molecule has 0 unspecified atom stereocenters. The molecule has 1 aliphatic heterocycles. The molecule has 0 bridgehead atoms. The minimum absolute atomic E-state index is 0.597. The van der Waals surface area contributed by atoms with Crippen molar-refractivity contribution in [2.75, 3.05) is 18.0 Å². The second-order valence-electron chi connectivity index (χ2n) is 4.30. The Morgan fingerprint density at radius 2 is 2.00 bits per heavy atom. The molecule has 1 aliphatic rings. The third-order valence-electron chi connectivity index (χ3n) is 2.87. The molecule has 14 heavy (non-hydrogen) atoms. The Hall–Kier alpha value is -1.05. The van der Waals surface area contributed by atoms with Gasteiger partial charge in [0.25, 0.3) is 0 Å². The lowest BCUT2D eigenvalue weighted by molar-refractivity contribution is 0.853. The predicted octanol–water partition coefficient (Wildman–Crippen LogP) is 2.81. The van der Waals surface area contributed by atoms with Gasteiger partial charge in [0.15, 0.2) is 0 Å². The highest BCUT2D eigenvalue weighted by molar-refractivity contribution is 5.42. The molecule has 1 saturated heterocycles. The number of rotatable bonds is 2. The van der Waals surface area contributed by atoms with Crippen LogP contribution in [0.25, 0.3) is 0 Å². The molecular formula is C12H18N2. The van der Waals surface area contributed by atoms with E-state index in [1.165, 1.54) is 31.5 Å². The van der Waals surface area contributed by atoms with Crippen molar-refractivity contribution in [3.63, 3.8) is 0 Å². The van der Waals surface area contributed by atoms with Gasteiger partial charge < -0.3 is 4.90 Å². The van der Waals surface area contributed by atoms with Crippen LogP contribution < -0.4 is 4.90 Å². The molecule has 0 radical (unpaired) electrons. The Bertz CT molecular complexity index is 301. The van der Waals surface area contributed by atoms with Crippen LogP contribution in [0.3, 0.4) is 0 Å². The summed E-state index contributed by atoms with van der Waals surface area (Å²) in [4.78, 5) is 6.81. The number of hydrogen-bond donors (Lipinski definition) is 0. The lowest BCUT2D eigenvalue weighted by Crippen LogP contribution is -2.19. The van der Waals surface area contributed by atoms with E-state index in [1.807, 2.05) is 6.20 Å². The molecular weight excluding hydrogens is 172 g/mol. The van der Waals surface area contributed by atoms with Crippen molar-refractivity contribution in [1.82, 2.24) is 4.98 Å². The van der Waals surface area contributed by atoms with Crippen molar-refractivity contribution in [3.8, 4) is 0 Å². The molecule has 0 aromatic carbocycles. The van der Waals surface area contributed by atoms with E-state index < -0.39 is 0 Å². The highest BCUT2D eigenvalue weighted by Gasteiger charge is 2.13. The van der Waals surface area contributed by atoms with Crippen molar-refractivity contribution in [1.29, 1.82) is 0 Å². The Morgan fingerprint density at radius 3 is 2.64 bits per heavy atom. The number of pyridine rings is 1. The first-order chi connectivity index (χ1) is 6.77. The zero-order valence-corrected chi connectivity index (χ0v) is 9.03. The van der Waals surface area contributed by atoms with Crippen molar-refractivity contribution in [3.05, 3.63) is 23.9 Å².